The summed E-state index contributed by atoms with van der Waals surface area (Å²) in [7, 11) is 8.50. The predicted octanol–water partition coefficient (Wildman–Crippen LogP) is 0.167. The Bertz CT molecular complexity index is 29.5. The Morgan fingerprint density at radius 3 is 1.00 bits per heavy atom. The molecule has 0 aromatic carbocycles. The van der Waals surface area contributed by atoms with Gasteiger partial charge in [-0.2, -0.15) is 0 Å². The molecule has 0 aliphatic rings. The maximum Gasteiger partial charge on any atom is 2.00 e. The summed E-state index contributed by atoms with van der Waals surface area (Å²) in [5, 5.41) is 0. The van der Waals surface area contributed by atoms with Crippen molar-refractivity contribution in [3.63, 3.8) is 0 Å². The Hall–Kier alpha value is 1.22. The van der Waals surface area contributed by atoms with Gasteiger partial charge in [-0.25, -0.2) is 0 Å². The number of quaternary nitrogens is 1. The molecule has 0 aliphatic carbocycles. The van der Waals surface area contributed by atoms with Gasteiger partial charge in [-0.1, -0.05) is 0 Å². The average molecular weight is 116 g/mol. The fourth-order valence-corrected chi connectivity index (χ4v) is 0. The van der Waals surface area contributed by atoms with E-state index in [-0.39, 0.29) is 40.6 Å². The average Bonchev–Trinajstić information content (AvgIpc) is 0.722. The van der Waals surface area contributed by atoms with Crippen LogP contribution in [0.5, 0.6) is 0 Å². The molecule has 0 saturated heterocycles. The Labute approximate surface area is 72.9 Å². The summed E-state index contributed by atoms with van der Waals surface area (Å²) in [6.07, 6.45) is 0. The monoisotopic (exact) mass is 116 g/mol. The van der Waals surface area contributed by atoms with E-state index >= 15 is 0 Å². The normalized spacial score (nSPS) is 10.0. The van der Waals surface area contributed by atoms with E-state index in [1.807, 2.05) is 0 Å². The molecule has 0 saturated carbocycles. The van der Waals surface area contributed by atoms with E-state index in [4.69, 9.17) is 0 Å². The van der Waals surface area contributed by atoms with Crippen LogP contribution in [0.15, 0.2) is 0 Å². The quantitative estimate of drug-likeness (QED) is 0.312. The van der Waals surface area contributed by atoms with Crippen LogP contribution in [0.2, 0.25) is 0 Å². The van der Waals surface area contributed by atoms with Crippen LogP contribution in [0, 0.1) is 0 Å². The Balaban J connectivity index is -0.0000000267. The van der Waals surface area contributed by atoms with E-state index < -0.39 is 0 Å². The third-order valence-corrected chi connectivity index (χ3v) is 0. The van der Waals surface area contributed by atoms with Gasteiger partial charge in [-0.15, -0.1) is 0 Å². The number of hydrogen-bond acceptors (Lipinski definition) is 0. The first kappa shape index (κ1) is 10.3. The van der Waals surface area contributed by atoms with E-state index in [0.717, 1.165) is 4.48 Å². The SMILES string of the molecule is C[N+](C)(C)C.[Ca+2].[H-].[H-]. The van der Waals surface area contributed by atoms with Crippen molar-refractivity contribution in [2.24, 2.45) is 0 Å². The molecular formula is C4H14CaN+. The van der Waals surface area contributed by atoms with Crippen molar-refractivity contribution < 1.29 is 7.34 Å². The topological polar surface area (TPSA) is 0 Å². The second-order valence-corrected chi connectivity index (χ2v) is 2.68. The van der Waals surface area contributed by atoms with Crippen LogP contribution in [-0.4, -0.2) is 70.4 Å². The van der Waals surface area contributed by atoms with Crippen molar-refractivity contribution in [2.75, 3.05) is 28.2 Å². The third-order valence-electron chi connectivity index (χ3n) is 0. The minimum atomic E-state index is 0. The van der Waals surface area contributed by atoms with E-state index in [1.54, 1.807) is 0 Å². The van der Waals surface area contributed by atoms with Gasteiger partial charge in [0.1, 0.15) is 0 Å². The second-order valence-electron chi connectivity index (χ2n) is 2.68. The molecule has 0 amide bonds. The van der Waals surface area contributed by atoms with Crippen LogP contribution in [0.3, 0.4) is 0 Å². The first-order valence-corrected chi connectivity index (χ1v) is 1.79. The Morgan fingerprint density at radius 1 is 1.00 bits per heavy atom. The first-order chi connectivity index (χ1) is 2.00. The fraction of sp³-hybridized carbons (Fsp3) is 1.00. The summed E-state index contributed by atoms with van der Waals surface area (Å²) < 4.78 is 1.00. The molecule has 0 aliphatic heterocycles. The van der Waals surface area contributed by atoms with Crippen molar-refractivity contribution in [2.45, 2.75) is 0 Å². The zero-order valence-corrected chi connectivity index (χ0v) is 7.36. The number of hydrogen-bond donors (Lipinski definition) is 0. The van der Waals surface area contributed by atoms with Crippen LogP contribution in [-0.2, 0) is 0 Å². The van der Waals surface area contributed by atoms with E-state index in [1.165, 1.54) is 0 Å². The molecule has 0 bridgehead atoms. The molecule has 1 nitrogen and oxygen atoms in total. The molecule has 0 rings (SSSR count). The van der Waals surface area contributed by atoms with Crippen molar-refractivity contribution in [3.05, 3.63) is 0 Å². The Morgan fingerprint density at radius 2 is 1.00 bits per heavy atom. The molecule has 36 valence electrons. The molecule has 0 unspecified atom stereocenters. The summed E-state index contributed by atoms with van der Waals surface area (Å²) in [4.78, 5) is 0. The molecule has 0 atom stereocenters. The van der Waals surface area contributed by atoms with Crippen molar-refractivity contribution >= 4 is 37.7 Å². The van der Waals surface area contributed by atoms with Gasteiger partial charge < -0.3 is 7.34 Å². The molecule has 0 aromatic heterocycles. The molecule has 0 heterocycles. The first-order valence-electron chi connectivity index (χ1n) is 1.79. The molecule has 0 spiro atoms. The Kier molecular flexibility index (Phi) is 5.55. The van der Waals surface area contributed by atoms with Gasteiger partial charge in [0.05, 0.1) is 28.2 Å². The van der Waals surface area contributed by atoms with Crippen molar-refractivity contribution in [1.29, 1.82) is 0 Å². The van der Waals surface area contributed by atoms with Gasteiger partial charge in [0.2, 0.25) is 0 Å². The number of rotatable bonds is 0. The maximum absolute atomic E-state index is 2.12. The van der Waals surface area contributed by atoms with Gasteiger partial charge in [0.15, 0.2) is 0 Å². The fourth-order valence-electron chi connectivity index (χ4n) is 0. The third kappa shape index (κ3) is 62.5. The van der Waals surface area contributed by atoms with Gasteiger partial charge in [0.25, 0.3) is 0 Å². The predicted molar refractivity (Wildman–Crippen MR) is 31.9 cm³/mol. The van der Waals surface area contributed by atoms with Gasteiger partial charge >= 0.3 is 37.7 Å². The molecule has 6 heavy (non-hydrogen) atoms. The number of nitrogens with zero attached hydrogens (tertiary/aromatic N) is 1. The summed E-state index contributed by atoms with van der Waals surface area (Å²) in [5.74, 6) is 0. The summed E-state index contributed by atoms with van der Waals surface area (Å²) in [6, 6.07) is 0. The summed E-state index contributed by atoms with van der Waals surface area (Å²) >= 11 is 0. The molecule has 0 radical (unpaired) electrons. The summed E-state index contributed by atoms with van der Waals surface area (Å²) in [5.41, 5.74) is 0. The van der Waals surface area contributed by atoms with Crippen LogP contribution in [0.1, 0.15) is 2.85 Å². The van der Waals surface area contributed by atoms with Crippen molar-refractivity contribution in [1.82, 2.24) is 0 Å². The molecule has 2 heteroatoms. The van der Waals surface area contributed by atoms with Gasteiger partial charge in [-0.05, 0) is 0 Å². The molecular weight excluding hydrogens is 102 g/mol. The maximum atomic E-state index is 2.12. The van der Waals surface area contributed by atoms with E-state index in [9.17, 15) is 0 Å². The van der Waals surface area contributed by atoms with E-state index in [2.05, 4.69) is 28.2 Å². The van der Waals surface area contributed by atoms with Gasteiger partial charge in [-0.3, -0.25) is 0 Å². The molecule has 0 N–H and O–H groups in total. The zero-order chi connectivity index (χ0) is 4.50. The minimum absolute atomic E-state index is 0. The second kappa shape index (κ2) is 3.25. The standard InChI is InChI=1S/C4H12N.Ca.2H/c1-5(2,3)4;;;/h1-4H3;;;/q+1;+2;2*-1. The van der Waals surface area contributed by atoms with Crippen LogP contribution in [0.4, 0.5) is 0 Å². The van der Waals surface area contributed by atoms with Gasteiger partial charge in [0, 0.05) is 0 Å². The van der Waals surface area contributed by atoms with Crippen molar-refractivity contribution in [3.8, 4) is 0 Å². The minimum Gasteiger partial charge on any atom is -1.00 e. The zero-order valence-electron chi connectivity index (χ0n) is 7.15. The van der Waals surface area contributed by atoms with E-state index in [0.29, 0.717) is 0 Å². The summed E-state index contributed by atoms with van der Waals surface area (Å²) in [6.45, 7) is 0. The van der Waals surface area contributed by atoms with Crippen LogP contribution >= 0.6 is 0 Å². The van der Waals surface area contributed by atoms with Crippen LogP contribution in [0.25, 0.3) is 0 Å². The molecule has 0 aromatic rings. The molecule has 0 fully saturated rings. The van der Waals surface area contributed by atoms with Crippen LogP contribution < -0.4 is 0 Å². The smallest absolute Gasteiger partial charge is 1.00 e. The largest absolute Gasteiger partial charge is 2.00 e.